The fraction of sp³-hybridized carbons (Fsp3) is 0.364. The first kappa shape index (κ1) is 13.6. The topological polar surface area (TPSA) is 69.4 Å². The Bertz CT molecular complexity index is 433. The maximum Gasteiger partial charge on any atom is 0.312 e. The average Bonchev–Trinajstić information content (AvgIpc) is 2.27. The number of nitrogens with zero attached hydrogens (tertiary/aromatic N) is 1. The zero-order valence-electron chi connectivity index (χ0n) is 9.31. The molecule has 0 unspecified atom stereocenters. The van der Waals surface area contributed by atoms with Gasteiger partial charge >= 0.3 is 5.69 Å². The highest BCUT2D eigenvalue weighted by Crippen LogP contribution is 2.34. The standard InChI is InChI=1S/C11H12BrNO4/c1-2-4-8(14)7-17-11-9(12)5-3-6-10(11)13(15)16/h3,5-6H,2,4,7H2,1H3. The highest BCUT2D eigenvalue weighted by molar-refractivity contribution is 9.10. The van der Waals surface area contributed by atoms with Gasteiger partial charge in [-0.3, -0.25) is 14.9 Å². The number of halogens is 1. The fourth-order valence-electron chi connectivity index (χ4n) is 1.29. The van der Waals surface area contributed by atoms with Gasteiger partial charge in [0.2, 0.25) is 5.75 Å². The van der Waals surface area contributed by atoms with Crippen molar-refractivity contribution in [1.82, 2.24) is 0 Å². The van der Waals surface area contributed by atoms with Gasteiger partial charge in [0.25, 0.3) is 0 Å². The molecule has 0 radical (unpaired) electrons. The number of ketones is 1. The van der Waals surface area contributed by atoms with E-state index in [1.807, 2.05) is 6.92 Å². The normalized spacial score (nSPS) is 10.0. The van der Waals surface area contributed by atoms with Crippen LogP contribution in [0.5, 0.6) is 5.75 Å². The summed E-state index contributed by atoms with van der Waals surface area (Å²) in [5.74, 6) is 0.0273. The Balaban J connectivity index is 2.82. The van der Waals surface area contributed by atoms with Gasteiger partial charge in [-0.05, 0) is 28.4 Å². The largest absolute Gasteiger partial charge is 0.478 e. The number of carbonyl (C=O) groups is 1. The number of Topliss-reactive ketones (excluding diaryl/α,β-unsaturated/α-hetero) is 1. The number of nitro groups is 1. The smallest absolute Gasteiger partial charge is 0.312 e. The molecule has 0 aliphatic heterocycles. The number of hydrogen-bond acceptors (Lipinski definition) is 4. The summed E-state index contributed by atoms with van der Waals surface area (Å²) in [6.07, 6.45) is 1.15. The van der Waals surface area contributed by atoms with Crippen LogP contribution in [0.15, 0.2) is 22.7 Å². The van der Waals surface area contributed by atoms with Crippen molar-refractivity contribution in [2.45, 2.75) is 19.8 Å². The van der Waals surface area contributed by atoms with Crippen LogP contribution >= 0.6 is 15.9 Å². The molecule has 0 bridgehead atoms. The van der Waals surface area contributed by atoms with Crippen LogP contribution in [0.25, 0.3) is 0 Å². The summed E-state index contributed by atoms with van der Waals surface area (Å²) in [6, 6.07) is 4.51. The summed E-state index contributed by atoms with van der Waals surface area (Å²) in [6.45, 7) is 1.75. The summed E-state index contributed by atoms with van der Waals surface area (Å²) in [5.41, 5.74) is -0.149. The van der Waals surface area contributed by atoms with Crippen molar-refractivity contribution in [2.75, 3.05) is 6.61 Å². The van der Waals surface area contributed by atoms with Gasteiger partial charge < -0.3 is 4.74 Å². The van der Waals surface area contributed by atoms with E-state index in [-0.39, 0.29) is 23.8 Å². The van der Waals surface area contributed by atoms with E-state index in [1.54, 1.807) is 12.1 Å². The maximum atomic E-state index is 11.3. The van der Waals surface area contributed by atoms with Crippen LogP contribution in [0.1, 0.15) is 19.8 Å². The molecule has 0 saturated carbocycles. The van der Waals surface area contributed by atoms with E-state index < -0.39 is 4.92 Å². The second-order valence-corrected chi connectivity index (χ2v) is 4.28. The van der Waals surface area contributed by atoms with Gasteiger partial charge in [-0.1, -0.05) is 13.0 Å². The first-order valence-electron chi connectivity index (χ1n) is 5.13. The number of carbonyl (C=O) groups excluding carboxylic acids is 1. The van der Waals surface area contributed by atoms with E-state index in [0.717, 1.165) is 6.42 Å². The van der Waals surface area contributed by atoms with Crippen LogP contribution in [0.4, 0.5) is 5.69 Å². The van der Waals surface area contributed by atoms with Gasteiger partial charge in [-0.2, -0.15) is 0 Å². The second-order valence-electron chi connectivity index (χ2n) is 3.42. The minimum absolute atomic E-state index is 0.0717. The van der Waals surface area contributed by atoms with Gasteiger partial charge in [0.15, 0.2) is 5.78 Å². The third-order valence-electron chi connectivity index (χ3n) is 2.05. The molecule has 0 spiro atoms. The van der Waals surface area contributed by atoms with E-state index in [1.165, 1.54) is 6.07 Å². The molecule has 92 valence electrons. The number of rotatable bonds is 6. The molecule has 5 nitrogen and oxygen atoms in total. The molecule has 0 N–H and O–H groups in total. The molecule has 0 aliphatic carbocycles. The second kappa shape index (κ2) is 6.34. The van der Waals surface area contributed by atoms with Crippen molar-refractivity contribution in [3.63, 3.8) is 0 Å². The monoisotopic (exact) mass is 301 g/mol. The molecule has 1 rings (SSSR count). The molecule has 6 heteroatoms. The van der Waals surface area contributed by atoms with Gasteiger partial charge in [-0.15, -0.1) is 0 Å². The molecule has 1 aromatic carbocycles. The molecular weight excluding hydrogens is 290 g/mol. The molecule has 0 heterocycles. The molecule has 0 aliphatic rings. The minimum Gasteiger partial charge on any atom is -0.478 e. The SMILES string of the molecule is CCCC(=O)COc1c(Br)cccc1[N+](=O)[O-]. The van der Waals surface area contributed by atoms with Gasteiger partial charge in [0, 0.05) is 12.5 Å². The number of ether oxygens (including phenoxy) is 1. The van der Waals surface area contributed by atoms with Gasteiger partial charge in [-0.25, -0.2) is 0 Å². The lowest BCUT2D eigenvalue weighted by molar-refractivity contribution is -0.385. The highest BCUT2D eigenvalue weighted by atomic mass is 79.9. The van der Waals surface area contributed by atoms with Gasteiger partial charge in [0.05, 0.1) is 9.40 Å². The summed E-state index contributed by atoms with van der Waals surface area (Å²) in [5, 5.41) is 10.8. The Labute approximate surface area is 107 Å². The molecule has 0 atom stereocenters. The van der Waals surface area contributed by atoms with Crippen LogP contribution in [-0.4, -0.2) is 17.3 Å². The van der Waals surface area contributed by atoms with Crippen molar-refractivity contribution in [2.24, 2.45) is 0 Å². The van der Waals surface area contributed by atoms with E-state index >= 15 is 0 Å². The molecular formula is C11H12BrNO4. The maximum absolute atomic E-state index is 11.3. The van der Waals surface area contributed by atoms with E-state index in [0.29, 0.717) is 10.9 Å². The number of nitro benzene ring substituents is 1. The first-order chi connectivity index (χ1) is 8.06. The quantitative estimate of drug-likeness (QED) is 0.598. The Morgan fingerprint density at radius 3 is 2.82 bits per heavy atom. The molecule has 1 aromatic rings. The summed E-state index contributed by atoms with van der Waals surface area (Å²) in [4.78, 5) is 21.5. The lowest BCUT2D eigenvalue weighted by Crippen LogP contribution is -2.11. The number of hydrogen-bond donors (Lipinski definition) is 0. The van der Waals surface area contributed by atoms with Crippen LogP contribution in [0.3, 0.4) is 0 Å². The third-order valence-corrected chi connectivity index (χ3v) is 2.67. The zero-order chi connectivity index (χ0) is 12.8. The predicted octanol–water partition coefficient (Wildman–Crippen LogP) is 3.11. The molecule has 17 heavy (non-hydrogen) atoms. The average molecular weight is 302 g/mol. The van der Waals surface area contributed by atoms with E-state index in [9.17, 15) is 14.9 Å². The molecule has 0 amide bonds. The van der Waals surface area contributed by atoms with Crippen LogP contribution in [-0.2, 0) is 4.79 Å². The van der Waals surface area contributed by atoms with Crippen molar-refractivity contribution >= 4 is 27.4 Å². The Morgan fingerprint density at radius 2 is 2.24 bits per heavy atom. The fourth-order valence-corrected chi connectivity index (χ4v) is 1.76. The van der Waals surface area contributed by atoms with E-state index in [4.69, 9.17) is 4.74 Å². The van der Waals surface area contributed by atoms with Crippen molar-refractivity contribution in [3.8, 4) is 5.75 Å². The zero-order valence-corrected chi connectivity index (χ0v) is 10.9. The Morgan fingerprint density at radius 1 is 1.53 bits per heavy atom. The van der Waals surface area contributed by atoms with Crippen LogP contribution in [0.2, 0.25) is 0 Å². The highest BCUT2D eigenvalue weighted by Gasteiger charge is 2.18. The molecule has 0 fully saturated rings. The lowest BCUT2D eigenvalue weighted by Gasteiger charge is -2.07. The Kier molecular flexibility index (Phi) is 5.09. The number of benzene rings is 1. The summed E-state index contributed by atoms with van der Waals surface area (Å²) in [7, 11) is 0. The lowest BCUT2D eigenvalue weighted by atomic mass is 10.2. The summed E-state index contributed by atoms with van der Waals surface area (Å²) < 4.78 is 5.67. The van der Waals surface area contributed by atoms with Crippen LogP contribution in [0, 0.1) is 10.1 Å². The predicted molar refractivity (Wildman–Crippen MR) is 66.2 cm³/mol. The molecule has 0 saturated heterocycles. The van der Waals surface area contributed by atoms with Crippen molar-refractivity contribution in [3.05, 3.63) is 32.8 Å². The van der Waals surface area contributed by atoms with Gasteiger partial charge in [0.1, 0.15) is 6.61 Å². The van der Waals surface area contributed by atoms with Crippen molar-refractivity contribution in [1.29, 1.82) is 0 Å². The van der Waals surface area contributed by atoms with Crippen molar-refractivity contribution < 1.29 is 14.5 Å². The minimum atomic E-state index is -0.537. The molecule has 0 aromatic heterocycles. The Hall–Kier alpha value is -1.43. The third kappa shape index (κ3) is 3.81. The van der Waals surface area contributed by atoms with Crippen LogP contribution < -0.4 is 4.74 Å². The summed E-state index contributed by atoms with van der Waals surface area (Å²) >= 11 is 3.16. The first-order valence-corrected chi connectivity index (χ1v) is 5.93. The van der Waals surface area contributed by atoms with E-state index in [2.05, 4.69) is 15.9 Å². The number of para-hydroxylation sites is 1.